The van der Waals surface area contributed by atoms with Gasteiger partial charge in [-0.25, -0.2) is 0 Å². The molecule has 1 heterocycles. The van der Waals surface area contributed by atoms with E-state index in [1.807, 2.05) is 6.07 Å². The summed E-state index contributed by atoms with van der Waals surface area (Å²) in [6.07, 6.45) is 5.25. The Labute approximate surface area is 132 Å². The maximum atomic E-state index is 11.5. The fraction of sp³-hybridized carbons (Fsp3) is 0.611. The zero-order chi connectivity index (χ0) is 15.5. The first-order chi connectivity index (χ1) is 10.6. The van der Waals surface area contributed by atoms with Gasteiger partial charge in [0.2, 0.25) is 5.91 Å². The Bertz CT molecular complexity index is 526. The van der Waals surface area contributed by atoms with E-state index < -0.39 is 0 Å². The van der Waals surface area contributed by atoms with Crippen LogP contribution in [-0.4, -0.2) is 30.0 Å². The Balaban J connectivity index is 1.66. The highest BCUT2D eigenvalue weighted by Gasteiger charge is 2.33. The minimum absolute atomic E-state index is 0.0251. The van der Waals surface area contributed by atoms with Crippen LogP contribution in [0.3, 0.4) is 0 Å². The van der Waals surface area contributed by atoms with E-state index in [0.717, 1.165) is 25.4 Å². The van der Waals surface area contributed by atoms with Crippen LogP contribution in [0.4, 0.5) is 0 Å². The molecule has 1 aliphatic carbocycles. The molecular weight excluding hydrogens is 276 g/mol. The second-order valence-corrected chi connectivity index (χ2v) is 6.81. The van der Waals surface area contributed by atoms with Crippen molar-refractivity contribution >= 4 is 5.91 Å². The van der Waals surface area contributed by atoms with Crippen LogP contribution in [0.25, 0.3) is 0 Å². The van der Waals surface area contributed by atoms with Gasteiger partial charge in [-0.3, -0.25) is 9.69 Å². The second kappa shape index (κ2) is 6.69. The van der Waals surface area contributed by atoms with Gasteiger partial charge < -0.3 is 10.5 Å². The lowest BCUT2D eigenvalue weighted by Gasteiger charge is -2.20. The number of amides is 1. The van der Waals surface area contributed by atoms with Crippen LogP contribution in [0.1, 0.15) is 38.2 Å². The molecule has 0 spiro atoms. The number of carbonyl (C=O) groups excluding carboxylic acids is 1. The largest absolute Gasteiger partial charge is 0.490 e. The van der Waals surface area contributed by atoms with Crippen LogP contribution in [0.5, 0.6) is 5.75 Å². The fourth-order valence-electron chi connectivity index (χ4n) is 3.74. The highest BCUT2D eigenvalue weighted by molar-refractivity contribution is 5.77. The highest BCUT2D eigenvalue weighted by Crippen LogP contribution is 2.30. The van der Waals surface area contributed by atoms with Crippen molar-refractivity contribution in [3.05, 3.63) is 29.8 Å². The number of hydrogen-bond donors (Lipinski definition) is 1. The molecule has 4 nitrogen and oxygen atoms in total. The van der Waals surface area contributed by atoms with Crippen molar-refractivity contribution in [3.8, 4) is 5.75 Å². The highest BCUT2D eigenvalue weighted by atomic mass is 16.5. The Morgan fingerprint density at radius 1 is 1.27 bits per heavy atom. The number of likely N-dealkylation sites (tertiary alicyclic amines) is 1. The SMILES string of the molecule is C[C@@H]1CN(Cc2ccccc2OC2CCCC2)C[C@H]1C(N)=O. The summed E-state index contributed by atoms with van der Waals surface area (Å²) < 4.78 is 6.20. The summed E-state index contributed by atoms with van der Waals surface area (Å²) in [5.74, 6) is 1.14. The molecule has 0 bridgehead atoms. The molecule has 1 aliphatic heterocycles. The van der Waals surface area contributed by atoms with Crippen LogP contribution < -0.4 is 10.5 Å². The van der Waals surface area contributed by atoms with Crippen LogP contribution >= 0.6 is 0 Å². The lowest BCUT2D eigenvalue weighted by Crippen LogP contribution is -2.29. The summed E-state index contributed by atoms with van der Waals surface area (Å²) in [5, 5.41) is 0. The number of para-hydroxylation sites is 1. The van der Waals surface area contributed by atoms with Crippen molar-refractivity contribution in [2.75, 3.05) is 13.1 Å². The molecule has 1 aromatic carbocycles. The number of ether oxygens (including phenoxy) is 1. The number of benzene rings is 1. The van der Waals surface area contributed by atoms with Gasteiger partial charge in [0.1, 0.15) is 5.75 Å². The lowest BCUT2D eigenvalue weighted by molar-refractivity contribution is -0.122. The summed E-state index contributed by atoms with van der Waals surface area (Å²) in [4.78, 5) is 13.8. The summed E-state index contributed by atoms with van der Waals surface area (Å²) in [7, 11) is 0. The van der Waals surface area contributed by atoms with Crippen LogP contribution in [0.15, 0.2) is 24.3 Å². The van der Waals surface area contributed by atoms with Gasteiger partial charge in [0, 0.05) is 25.2 Å². The Hall–Kier alpha value is -1.55. The van der Waals surface area contributed by atoms with Crippen molar-refractivity contribution in [2.45, 2.75) is 45.3 Å². The quantitative estimate of drug-likeness (QED) is 0.909. The van der Waals surface area contributed by atoms with Crippen molar-refractivity contribution in [2.24, 2.45) is 17.6 Å². The number of primary amides is 1. The van der Waals surface area contributed by atoms with E-state index in [-0.39, 0.29) is 11.8 Å². The normalized spacial score (nSPS) is 26.4. The summed E-state index contributed by atoms with van der Waals surface area (Å²) in [5.41, 5.74) is 6.71. The van der Waals surface area contributed by atoms with E-state index in [0.29, 0.717) is 12.0 Å². The summed E-state index contributed by atoms with van der Waals surface area (Å²) in [6, 6.07) is 8.29. The zero-order valence-corrected chi connectivity index (χ0v) is 13.3. The molecule has 22 heavy (non-hydrogen) atoms. The van der Waals surface area contributed by atoms with Gasteiger partial charge in [0.15, 0.2) is 0 Å². The average molecular weight is 302 g/mol. The van der Waals surface area contributed by atoms with E-state index >= 15 is 0 Å². The first-order valence-corrected chi connectivity index (χ1v) is 8.39. The van der Waals surface area contributed by atoms with Gasteiger partial charge in [-0.1, -0.05) is 25.1 Å². The standard InChI is InChI=1S/C18H26N2O2/c1-13-10-20(12-16(13)18(19)21)11-14-6-2-5-9-17(14)22-15-7-3-4-8-15/h2,5-6,9,13,15-16H,3-4,7-8,10-12H2,1H3,(H2,19,21)/t13-,16-/m1/s1. The van der Waals surface area contributed by atoms with Crippen molar-refractivity contribution in [1.29, 1.82) is 0 Å². The third-order valence-electron chi connectivity index (χ3n) is 5.02. The lowest BCUT2D eigenvalue weighted by atomic mass is 9.98. The molecule has 1 amide bonds. The number of hydrogen-bond acceptors (Lipinski definition) is 3. The van der Waals surface area contributed by atoms with Crippen LogP contribution in [0.2, 0.25) is 0 Å². The Morgan fingerprint density at radius 3 is 2.68 bits per heavy atom. The van der Waals surface area contributed by atoms with E-state index in [4.69, 9.17) is 10.5 Å². The molecule has 2 fully saturated rings. The molecule has 4 heteroatoms. The molecule has 0 radical (unpaired) electrons. The fourth-order valence-corrected chi connectivity index (χ4v) is 3.74. The maximum absolute atomic E-state index is 11.5. The topological polar surface area (TPSA) is 55.6 Å². The molecule has 2 atom stereocenters. The molecule has 0 aromatic heterocycles. The zero-order valence-electron chi connectivity index (χ0n) is 13.3. The number of nitrogens with two attached hydrogens (primary N) is 1. The van der Waals surface area contributed by atoms with Gasteiger partial charge in [0.25, 0.3) is 0 Å². The number of rotatable bonds is 5. The van der Waals surface area contributed by atoms with Gasteiger partial charge in [-0.05, 0) is 37.7 Å². The maximum Gasteiger partial charge on any atom is 0.222 e. The first-order valence-electron chi connectivity index (χ1n) is 8.39. The number of nitrogens with zero attached hydrogens (tertiary/aromatic N) is 1. The van der Waals surface area contributed by atoms with Gasteiger partial charge in [-0.15, -0.1) is 0 Å². The monoisotopic (exact) mass is 302 g/mol. The van der Waals surface area contributed by atoms with Crippen molar-refractivity contribution in [3.63, 3.8) is 0 Å². The molecular formula is C18H26N2O2. The second-order valence-electron chi connectivity index (χ2n) is 6.81. The predicted molar refractivity (Wildman–Crippen MR) is 86.5 cm³/mol. The van der Waals surface area contributed by atoms with Gasteiger partial charge in [-0.2, -0.15) is 0 Å². The molecule has 2 aliphatic rings. The van der Waals surface area contributed by atoms with Crippen molar-refractivity contribution in [1.82, 2.24) is 4.90 Å². The summed E-state index contributed by atoms with van der Waals surface area (Å²) >= 11 is 0. The molecule has 1 aromatic rings. The molecule has 2 N–H and O–H groups in total. The Morgan fingerprint density at radius 2 is 2.00 bits per heavy atom. The molecule has 120 valence electrons. The van der Waals surface area contributed by atoms with Gasteiger partial charge in [0.05, 0.1) is 12.0 Å². The van der Waals surface area contributed by atoms with Crippen molar-refractivity contribution < 1.29 is 9.53 Å². The van der Waals surface area contributed by atoms with E-state index in [1.165, 1.54) is 31.2 Å². The smallest absolute Gasteiger partial charge is 0.222 e. The Kier molecular flexibility index (Phi) is 4.67. The molecule has 1 saturated heterocycles. The minimum atomic E-state index is -0.175. The molecule has 1 saturated carbocycles. The summed E-state index contributed by atoms with van der Waals surface area (Å²) in [6.45, 7) is 4.62. The van der Waals surface area contributed by atoms with Gasteiger partial charge >= 0.3 is 0 Å². The van der Waals surface area contributed by atoms with E-state index in [2.05, 4.69) is 30.0 Å². The van der Waals surface area contributed by atoms with E-state index in [1.54, 1.807) is 0 Å². The molecule has 0 unspecified atom stereocenters. The third kappa shape index (κ3) is 3.43. The van der Waals surface area contributed by atoms with Crippen LogP contribution in [-0.2, 0) is 11.3 Å². The number of carbonyl (C=O) groups is 1. The minimum Gasteiger partial charge on any atom is -0.490 e. The van der Waals surface area contributed by atoms with Crippen LogP contribution in [0, 0.1) is 11.8 Å². The predicted octanol–water partition coefficient (Wildman–Crippen LogP) is 2.56. The first kappa shape index (κ1) is 15.3. The average Bonchev–Trinajstić information content (AvgIpc) is 3.11. The van der Waals surface area contributed by atoms with E-state index in [9.17, 15) is 4.79 Å². The third-order valence-corrected chi connectivity index (χ3v) is 5.02. The molecule has 3 rings (SSSR count).